The fourth-order valence-electron chi connectivity index (χ4n) is 3.98. The van der Waals surface area contributed by atoms with Crippen molar-refractivity contribution in [2.45, 2.75) is 38.0 Å². The van der Waals surface area contributed by atoms with Gasteiger partial charge < -0.3 is 14.4 Å². The molecule has 0 saturated carbocycles. The molecular weight excluding hydrogens is 340 g/mol. The first-order valence-corrected chi connectivity index (χ1v) is 9.36. The Labute approximate surface area is 161 Å². The van der Waals surface area contributed by atoms with Gasteiger partial charge in [-0.1, -0.05) is 12.1 Å². The largest absolute Gasteiger partial charge is 0.493 e. The Morgan fingerprint density at radius 2 is 2.00 bits per heavy atom. The number of fused-ring (bicyclic) bond motifs is 1. The van der Waals surface area contributed by atoms with Crippen molar-refractivity contribution in [3.8, 4) is 11.5 Å². The van der Waals surface area contributed by atoms with Crippen LogP contribution in [0.15, 0.2) is 36.5 Å². The second-order valence-corrected chi connectivity index (χ2v) is 7.33. The number of pyridine rings is 1. The van der Waals surface area contributed by atoms with Gasteiger partial charge in [-0.05, 0) is 55.0 Å². The van der Waals surface area contributed by atoms with Crippen LogP contribution >= 0.6 is 0 Å². The summed E-state index contributed by atoms with van der Waals surface area (Å²) in [6, 6.07) is 10.4. The van der Waals surface area contributed by atoms with Gasteiger partial charge in [-0.15, -0.1) is 0 Å². The topological polar surface area (TPSA) is 51.7 Å². The third-order valence-electron chi connectivity index (χ3n) is 5.81. The number of carbonyl (C=O) groups is 1. The minimum absolute atomic E-state index is 0.0563. The molecular formula is C22H28N2O3. The molecule has 27 heavy (non-hydrogen) atoms. The summed E-state index contributed by atoms with van der Waals surface area (Å²) in [5, 5.41) is 0. The van der Waals surface area contributed by atoms with E-state index in [1.165, 1.54) is 16.8 Å². The molecule has 0 bridgehead atoms. The maximum absolute atomic E-state index is 11.7. The molecule has 1 heterocycles. The van der Waals surface area contributed by atoms with Crippen molar-refractivity contribution >= 4 is 5.91 Å². The molecule has 0 saturated heterocycles. The first kappa shape index (κ1) is 19.2. The van der Waals surface area contributed by atoms with Crippen molar-refractivity contribution < 1.29 is 14.3 Å². The number of nitrogens with zero attached hydrogens (tertiary/aromatic N) is 2. The number of carbonyl (C=O) groups excluding carboxylic acids is 1. The lowest BCUT2D eigenvalue weighted by Crippen LogP contribution is -2.38. The number of ether oxygens (including phenoxy) is 2. The second-order valence-electron chi connectivity index (χ2n) is 7.33. The lowest BCUT2D eigenvalue weighted by atomic mass is 9.66. The molecule has 5 nitrogen and oxygen atoms in total. The zero-order valence-corrected chi connectivity index (χ0v) is 16.6. The van der Waals surface area contributed by atoms with E-state index < -0.39 is 0 Å². The molecule has 0 radical (unpaired) electrons. The Kier molecular flexibility index (Phi) is 5.68. The number of aryl methyl sites for hydroxylation is 1. The first-order valence-electron chi connectivity index (χ1n) is 9.36. The monoisotopic (exact) mass is 368 g/mol. The van der Waals surface area contributed by atoms with Gasteiger partial charge in [0.1, 0.15) is 0 Å². The molecule has 0 N–H and O–H groups in total. The van der Waals surface area contributed by atoms with Gasteiger partial charge in [0, 0.05) is 37.8 Å². The van der Waals surface area contributed by atoms with Crippen LogP contribution in [0.5, 0.6) is 11.5 Å². The maximum atomic E-state index is 11.7. The van der Waals surface area contributed by atoms with Crippen molar-refractivity contribution in [2.75, 3.05) is 27.8 Å². The predicted molar refractivity (Wildman–Crippen MR) is 105 cm³/mol. The molecule has 1 aliphatic rings. The molecule has 2 aromatic rings. The zero-order valence-electron chi connectivity index (χ0n) is 16.6. The van der Waals surface area contributed by atoms with Crippen molar-refractivity contribution in [3.05, 3.63) is 53.3 Å². The smallest absolute Gasteiger partial charge is 0.219 e. The Morgan fingerprint density at radius 1 is 1.22 bits per heavy atom. The number of rotatable bonds is 6. The number of hydrogen-bond acceptors (Lipinski definition) is 4. The van der Waals surface area contributed by atoms with Crippen LogP contribution in [0.1, 0.15) is 36.6 Å². The van der Waals surface area contributed by atoms with E-state index in [4.69, 9.17) is 9.47 Å². The Hall–Kier alpha value is -2.56. The molecule has 1 amide bonds. The van der Waals surface area contributed by atoms with E-state index in [0.717, 1.165) is 43.7 Å². The van der Waals surface area contributed by atoms with E-state index >= 15 is 0 Å². The van der Waals surface area contributed by atoms with Gasteiger partial charge in [-0.2, -0.15) is 0 Å². The van der Waals surface area contributed by atoms with E-state index in [9.17, 15) is 4.79 Å². The average molecular weight is 368 g/mol. The molecule has 3 rings (SSSR count). The zero-order chi connectivity index (χ0) is 19.4. The maximum Gasteiger partial charge on any atom is 0.219 e. The highest BCUT2D eigenvalue weighted by molar-refractivity contribution is 5.72. The summed E-state index contributed by atoms with van der Waals surface area (Å²) < 4.78 is 11.0. The van der Waals surface area contributed by atoms with Crippen molar-refractivity contribution in [1.29, 1.82) is 0 Å². The fraction of sp³-hybridized carbons (Fsp3) is 0.455. The Bertz CT molecular complexity index is 821. The van der Waals surface area contributed by atoms with Gasteiger partial charge in [-0.3, -0.25) is 9.78 Å². The van der Waals surface area contributed by atoms with Crippen LogP contribution in [0, 0.1) is 0 Å². The predicted octanol–water partition coefficient (Wildman–Crippen LogP) is 3.39. The highest BCUT2D eigenvalue weighted by Crippen LogP contribution is 2.43. The average Bonchev–Trinajstić information content (AvgIpc) is 2.71. The minimum Gasteiger partial charge on any atom is -0.493 e. The summed E-state index contributed by atoms with van der Waals surface area (Å²) in [5.74, 6) is 1.57. The third kappa shape index (κ3) is 3.92. The molecule has 0 spiro atoms. The summed E-state index contributed by atoms with van der Waals surface area (Å²) in [4.78, 5) is 18.1. The lowest BCUT2D eigenvalue weighted by molar-refractivity contribution is -0.127. The van der Waals surface area contributed by atoms with E-state index in [0.29, 0.717) is 0 Å². The summed E-state index contributed by atoms with van der Waals surface area (Å²) in [6.45, 7) is 2.34. The molecule has 1 aromatic carbocycles. The SMILES string of the molecule is COc1ccc([C@]2(CCN(C)C(C)=O)CCc3ncccc3C2)cc1OC. The number of amides is 1. The van der Waals surface area contributed by atoms with Crippen molar-refractivity contribution in [1.82, 2.24) is 9.88 Å². The number of methoxy groups -OCH3 is 2. The molecule has 1 aliphatic carbocycles. The highest BCUT2D eigenvalue weighted by atomic mass is 16.5. The molecule has 0 fully saturated rings. The van der Waals surface area contributed by atoms with Gasteiger partial charge in [-0.25, -0.2) is 0 Å². The lowest BCUT2D eigenvalue weighted by Gasteiger charge is -2.39. The first-order chi connectivity index (χ1) is 13.0. The molecule has 1 atom stereocenters. The molecule has 0 aliphatic heterocycles. The van der Waals surface area contributed by atoms with Gasteiger partial charge in [0.15, 0.2) is 11.5 Å². The van der Waals surface area contributed by atoms with Gasteiger partial charge in [0.05, 0.1) is 14.2 Å². The van der Waals surface area contributed by atoms with Gasteiger partial charge in [0.2, 0.25) is 5.91 Å². The standard InChI is InChI=1S/C22H28N2O3/c1-16(25)24(2)13-11-22(10-9-19-17(15-22)6-5-12-23-19)18-7-8-20(26-3)21(14-18)27-4/h5-8,12,14H,9-11,13,15H2,1-4H3/t22-/m0/s1. The summed E-state index contributed by atoms with van der Waals surface area (Å²) in [6.07, 6.45) is 5.61. The van der Waals surface area contributed by atoms with Crippen molar-refractivity contribution in [3.63, 3.8) is 0 Å². The van der Waals surface area contributed by atoms with Crippen molar-refractivity contribution in [2.24, 2.45) is 0 Å². The molecule has 1 aromatic heterocycles. The van der Waals surface area contributed by atoms with Crippen LogP contribution in [0.25, 0.3) is 0 Å². The highest BCUT2D eigenvalue weighted by Gasteiger charge is 2.37. The van der Waals surface area contributed by atoms with Crippen LogP contribution in [0.3, 0.4) is 0 Å². The van der Waals surface area contributed by atoms with E-state index in [2.05, 4.69) is 23.2 Å². The van der Waals surface area contributed by atoms with Gasteiger partial charge in [0.25, 0.3) is 0 Å². The van der Waals surface area contributed by atoms with Crippen LogP contribution in [0.2, 0.25) is 0 Å². The van der Waals surface area contributed by atoms with E-state index in [-0.39, 0.29) is 11.3 Å². The van der Waals surface area contributed by atoms with E-state index in [1.807, 2.05) is 25.4 Å². The van der Waals surface area contributed by atoms with E-state index in [1.54, 1.807) is 26.0 Å². The molecule has 5 heteroatoms. The summed E-state index contributed by atoms with van der Waals surface area (Å²) in [5.41, 5.74) is 3.66. The molecule has 0 unspecified atom stereocenters. The summed E-state index contributed by atoms with van der Waals surface area (Å²) in [7, 11) is 5.18. The Balaban J connectivity index is 1.99. The van der Waals surface area contributed by atoms with Crippen LogP contribution in [0.4, 0.5) is 0 Å². The Morgan fingerprint density at radius 3 is 2.70 bits per heavy atom. The van der Waals surface area contributed by atoms with Gasteiger partial charge >= 0.3 is 0 Å². The molecule has 144 valence electrons. The normalized spacial score (nSPS) is 18.5. The fourth-order valence-corrected chi connectivity index (χ4v) is 3.98. The van der Waals surface area contributed by atoms with Crippen LogP contribution in [-0.4, -0.2) is 43.6 Å². The number of hydrogen-bond donors (Lipinski definition) is 0. The third-order valence-corrected chi connectivity index (χ3v) is 5.81. The number of benzene rings is 1. The second kappa shape index (κ2) is 7.99. The summed E-state index contributed by atoms with van der Waals surface area (Å²) >= 11 is 0. The number of aromatic nitrogens is 1. The minimum atomic E-state index is -0.0563. The quantitative estimate of drug-likeness (QED) is 0.784. The van der Waals surface area contributed by atoms with Crippen LogP contribution in [-0.2, 0) is 23.1 Å². The van der Waals surface area contributed by atoms with Crippen LogP contribution < -0.4 is 9.47 Å².